The first-order valence-corrected chi connectivity index (χ1v) is 9.07. The second-order valence-corrected chi connectivity index (χ2v) is 10.1. The van der Waals surface area contributed by atoms with Crippen LogP contribution in [-0.2, 0) is 0 Å². The van der Waals surface area contributed by atoms with Crippen LogP contribution in [0.1, 0.15) is 82.6 Å². The summed E-state index contributed by atoms with van der Waals surface area (Å²) in [6.45, 7) is 27.5. The first-order chi connectivity index (χ1) is 9.69. The minimum atomic E-state index is 0.133. The van der Waals surface area contributed by atoms with E-state index in [1.54, 1.807) is 0 Å². The van der Waals surface area contributed by atoms with Crippen LogP contribution < -0.4 is 5.32 Å². The van der Waals surface area contributed by atoms with E-state index in [0.717, 1.165) is 6.54 Å². The minimum Gasteiger partial charge on any atom is -0.311 e. The Morgan fingerprint density at radius 3 is 1.95 bits per heavy atom. The number of hydrogen-bond donors (Lipinski definition) is 1. The Balaban J connectivity index is 3.39. The van der Waals surface area contributed by atoms with Crippen LogP contribution in [0.5, 0.6) is 0 Å². The van der Waals surface area contributed by atoms with Gasteiger partial charge in [-0.15, -0.1) is 0 Å². The maximum absolute atomic E-state index is 3.92. The zero-order valence-electron chi connectivity index (χ0n) is 17.1. The fourth-order valence-electron chi connectivity index (χ4n) is 3.84. The molecule has 0 aromatic heterocycles. The Kier molecular flexibility index (Phi) is 5.35. The number of rotatable bonds is 2. The summed E-state index contributed by atoms with van der Waals surface area (Å²) in [5, 5.41) is 3.92. The van der Waals surface area contributed by atoms with Gasteiger partial charge in [0.1, 0.15) is 0 Å². The Labute approximate surface area is 140 Å². The molecule has 1 aliphatic rings. The molecule has 0 radical (unpaired) electrons. The van der Waals surface area contributed by atoms with E-state index in [-0.39, 0.29) is 11.0 Å². The molecule has 2 unspecified atom stereocenters. The van der Waals surface area contributed by atoms with Crippen LogP contribution in [0.15, 0.2) is 11.6 Å². The molecule has 1 aliphatic heterocycles. The molecule has 130 valence electrons. The first kappa shape index (κ1) is 19.7. The van der Waals surface area contributed by atoms with Gasteiger partial charge in [0.2, 0.25) is 0 Å². The van der Waals surface area contributed by atoms with Gasteiger partial charge < -0.3 is 5.32 Å². The van der Waals surface area contributed by atoms with E-state index in [2.05, 4.69) is 87.6 Å². The molecule has 1 rings (SSSR count). The van der Waals surface area contributed by atoms with Crippen molar-refractivity contribution in [1.29, 1.82) is 0 Å². The molecule has 0 spiro atoms. The zero-order chi connectivity index (χ0) is 17.6. The van der Waals surface area contributed by atoms with Gasteiger partial charge >= 0.3 is 0 Å². The van der Waals surface area contributed by atoms with Crippen LogP contribution in [0.4, 0.5) is 0 Å². The minimum absolute atomic E-state index is 0.133. The lowest BCUT2D eigenvalue weighted by Gasteiger charge is -2.58. The molecule has 0 aromatic carbocycles. The van der Waals surface area contributed by atoms with Crippen molar-refractivity contribution >= 4 is 0 Å². The normalized spacial score (nSPS) is 32.0. The lowest BCUT2D eigenvalue weighted by Crippen LogP contribution is -2.62. The fraction of sp³-hybridized carbons (Fsp3) is 0.905. The Hall–Kier alpha value is -0.300. The molecule has 1 N–H and O–H groups in total. The quantitative estimate of drug-likeness (QED) is 0.612. The van der Waals surface area contributed by atoms with Crippen LogP contribution >= 0.6 is 0 Å². The molecule has 0 aromatic rings. The lowest BCUT2D eigenvalue weighted by atomic mass is 9.52. The molecule has 1 nitrogen and oxygen atoms in total. The Morgan fingerprint density at radius 2 is 1.50 bits per heavy atom. The van der Waals surface area contributed by atoms with Gasteiger partial charge in [-0.25, -0.2) is 0 Å². The lowest BCUT2D eigenvalue weighted by molar-refractivity contribution is -0.0448. The van der Waals surface area contributed by atoms with Gasteiger partial charge in [-0.2, -0.15) is 0 Å². The molecule has 1 saturated heterocycles. The van der Waals surface area contributed by atoms with Crippen molar-refractivity contribution in [3.63, 3.8) is 0 Å². The molecular formula is C21H41N. The van der Waals surface area contributed by atoms with Crippen molar-refractivity contribution < 1.29 is 0 Å². The average molecular weight is 308 g/mol. The van der Waals surface area contributed by atoms with Crippen LogP contribution in [0.2, 0.25) is 0 Å². The van der Waals surface area contributed by atoms with Crippen molar-refractivity contribution in [1.82, 2.24) is 5.32 Å². The third-order valence-corrected chi connectivity index (χ3v) is 7.85. The highest BCUT2D eigenvalue weighted by Gasteiger charge is 2.51. The summed E-state index contributed by atoms with van der Waals surface area (Å²) in [7, 11) is 0. The molecule has 0 bridgehead atoms. The first-order valence-electron chi connectivity index (χ1n) is 9.07. The van der Waals surface area contributed by atoms with Crippen molar-refractivity contribution in [3.8, 4) is 0 Å². The molecular weight excluding hydrogens is 266 g/mol. The largest absolute Gasteiger partial charge is 0.311 e. The summed E-state index contributed by atoms with van der Waals surface area (Å²) in [4.78, 5) is 0. The van der Waals surface area contributed by atoms with E-state index in [4.69, 9.17) is 0 Å². The molecule has 1 heteroatoms. The summed E-state index contributed by atoms with van der Waals surface area (Å²) >= 11 is 0. The number of hydrogen-bond acceptors (Lipinski definition) is 1. The third-order valence-electron chi connectivity index (χ3n) is 7.85. The molecule has 0 saturated carbocycles. The van der Waals surface area contributed by atoms with Crippen LogP contribution in [0, 0.1) is 28.1 Å². The predicted octanol–water partition coefficient (Wildman–Crippen LogP) is 6.06. The molecule has 1 heterocycles. The third kappa shape index (κ3) is 3.30. The van der Waals surface area contributed by atoms with E-state index < -0.39 is 0 Å². The summed E-state index contributed by atoms with van der Waals surface area (Å²) in [6, 6.07) is 0. The van der Waals surface area contributed by atoms with E-state index in [9.17, 15) is 0 Å². The highest BCUT2D eigenvalue weighted by molar-refractivity contribution is 5.11. The molecule has 22 heavy (non-hydrogen) atoms. The van der Waals surface area contributed by atoms with Gasteiger partial charge in [-0.1, -0.05) is 60.1 Å². The van der Waals surface area contributed by atoms with Crippen molar-refractivity contribution in [2.45, 2.75) is 88.1 Å². The maximum Gasteiger partial charge on any atom is 0.0179 e. The van der Waals surface area contributed by atoms with Gasteiger partial charge in [-0.05, 0) is 62.2 Å². The van der Waals surface area contributed by atoms with Crippen LogP contribution in [-0.4, -0.2) is 12.1 Å². The fourth-order valence-corrected chi connectivity index (χ4v) is 3.84. The summed E-state index contributed by atoms with van der Waals surface area (Å²) in [5.74, 6) is 1.29. The number of allylic oxidation sites excluding steroid dienone is 2. The molecule has 2 atom stereocenters. The van der Waals surface area contributed by atoms with Crippen LogP contribution in [0.3, 0.4) is 0 Å². The maximum atomic E-state index is 3.92. The van der Waals surface area contributed by atoms with Crippen molar-refractivity contribution in [2.75, 3.05) is 6.54 Å². The standard InChI is InChI=1S/C21H41N/c1-12-15(2)16(3)17-13-18(4,5)19(6,7)14-22-21(10,11)20(17,8)9/h12,16-17,22H,13-14H2,1-11H3. The zero-order valence-corrected chi connectivity index (χ0v) is 17.1. The number of nitrogens with one attached hydrogen (secondary N) is 1. The second kappa shape index (κ2) is 5.96. The van der Waals surface area contributed by atoms with E-state index >= 15 is 0 Å². The summed E-state index contributed by atoms with van der Waals surface area (Å²) in [6.07, 6.45) is 3.59. The molecule has 0 amide bonds. The van der Waals surface area contributed by atoms with Gasteiger partial charge in [0.15, 0.2) is 0 Å². The van der Waals surface area contributed by atoms with Gasteiger partial charge in [-0.3, -0.25) is 0 Å². The highest BCUT2D eigenvalue weighted by Crippen LogP contribution is 2.54. The Morgan fingerprint density at radius 1 is 1.00 bits per heavy atom. The van der Waals surface area contributed by atoms with E-state index in [0.29, 0.717) is 22.7 Å². The molecule has 0 aliphatic carbocycles. The average Bonchev–Trinajstić information content (AvgIpc) is 2.39. The topological polar surface area (TPSA) is 12.0 Å². The summed E-state index contributed by atoms with van der Waals surface area (Å²) in [5.41, 5.74) is 2.52. The molecule has 1 fully saturated rings. The van der Waals surface area contributed by atoms with E-state index in [1.807, 2.05) is 0 Å². The monoisotopic (exact) mass is 307 g/mol. The van der Waals surface area contributed by atoms with Crippen molar-refractivity contribution in [2.24, 2.45) is 28.1 Å². The summed E-state index contributed by atoms with van der Waals surface area (Å²) < 4.78 is 0. The van der Waals surface area contributed by atoms with Gasteiger partial charge in [0.25, 0.3) is 0 Å². The van der Waals surface area contributed by atoms with Gasteiger partial charge in [0.05, 0.1) is 0 Å². The Bertz CT molecular complexity index is 421. The van der Waals surface area contributed by atoms with E-state index in [1.165, 1.54) is 12.0 Å². The predicted molar refractivity (Wildman–Crippen MR) is 100 cm³/mol. The smallest absolute Gasteiger partial charge is 0.0179 e. The van der Waals surface area contributed by atoms with Crippen molar-refractivity contribution in [3.05, 3.63) is 11.6 Å². The highest BCUT2D eigenvalue weighted by atomic mass is 15.0. The van der Waals surface area contributed by atoms with Gasteiger partial charge in [0, 0.05) is 12.1 Å². The second-order valence-electron chi connectivity index (χ2n) is 10.1. The SMILES string of the molecule is CC=C(C)C(C)C1CC(C)(C)C(C)(C)CNC(C)(C)C1(C)C. The van der Waals surface area contributed by atoms with Crippen LogP contribution in [0.25, 0.3) is 0 Å².